The standard InChI is InChI=1S/C65H123N2O7P/c1-7-10-13-16-19-22-25-28-29-30-31-32-33-34-35-36-37-40-43-46-49-52-55-58-65(69)74-63(56-53-50-47-44-41-38-26-23-20-17-14-11-8-2)62(61-73-75(70,71)72-60-59-67(4,5)6)66-64(68)57-54-51-48-45-42-39-27-24-21-18-15-12-9-3/h19,22,28-29,31-32,53,56,62-63H,7-18,20-21,23-27,30,33-52,54-55,57-61H2,1-6H3,(H-,66,68,70,71)/b22-19-,29-28-,32-31-,56-53+. The van der Waals surface area contributed by atoms with Crippen LogP contribution in [0, 0.1) is 0 Å². The molecule has 0 aliphatic heterocycles. The maximum Gasteiger partial charge on any atom is 0.306 e. The minimum Gasteiger partial charge on any atom is -0.756 e. The molecule has 440 valence electrons. The van der Waals surface area contributed by atoms with Crippen molar-refractivity contribution in [1.29, 1.82) is 0 Å². The molecule has 0 rings (SSSR count). The van der Waals surface area contributed by atoms with Gasteiger partial charge in [-0.3, -0.25) is 14.2 Å². The Morgan fingerprint density at radius 1 is 0.467 bits per heavy atom. The van der Waals surface area contributed by atoms with E-state index >= 15 is 0 Å². The number of unbranched alkanes of at least 4 members (excludes halogenated alkanes) is 36. The van der Waals surface area contributed by atoms with Gasteiger partial charge < -0.3 is 28.5 Å². The molecule has 9 nitrogen and oxygen atoms in total. The van der Waals surface area contributed by atoms with Crippen LogP contribution < -0.4 is 10.2 Å². The maximum atomic E-state index is 13.5. The summed E-state index contributed by atoms with van der Waals surface area (Å²) < 4.78 is 30.3. The maximum absolute atomic E-state index is 13.5. The molecule has 0 aromatic carbocycles. The zero-order chi connectivity index (χ0) is 55.0. The predicted molar refractivity (Wildman–Crippen MR) is 321 cm³/mol. The lowest BCUT2D eigenvalue weighted by atomic mass is 10.0. The molecule has 0 heterocycles. The highest BCUT2D eigenvalue weighted by atomic mass is 31.2. The minimum absolute atomic E-state index is 0.0214. The summed E-state index contributed by atoms with van der Waals surface area (Å²) >= 11 is 0. The van der Waals surface area contributed by atoms with Crippen LogP contribution in [-0.4, -0.2) is 69.4 Å². The van der Waals surface area contributed by atoms with E-state index in [1.165, 1.54) is 199 Å². The molecule has 10 heteroatoms. The van der Waals surface area contributed by atoms with Crippen molar-refractivity contribution >= 4 is 19.7 Å². The Morgan fingerprint density at radius 2 is 0.813 bits per heavy atom. The Balaban J connectivity index is 5.18. The molecule has 0 saturated carbocycles. The number of phosphoric ester groups is 1. The number of phosphoric acid groups is 1. The van der Waals surface area contributed by atoms with Crippen molar-refractivity contribution in [2.75, 3.05) is 40.9 Å². The van der Waals surface area contributed by atoms with Crippen LogP contribution in [0.15, 0.2) is 48.6 Å². The highest BCUT2D eigenvalue weighted by molar-refractivity contribution is 7.45. The molecular formula is C65H123N2O7P. The first-order valence-electron chi connectivity index (χ1n) is 31.9. The normalized spacial score (nSPS) is 14.0. The Bertz CT molecular complexity index is 1420. The van der Waals surface area contributed by atoms with Crippen molar-refractivity contribution in [2.45, 2.75) is 315 Å². The topological polar surface area (TPSA) is 114 Å². The molecular weight excluding hydrogens is 952 g/mol. The SMILES string of the molecule is CCCCC/C=C\C/C=C\C/C=C\CCCCCCCCCCCCC(=O)OC(/C=C/CCCCCCCCCCCCC)C(COP(=O)([O-])OCC[N+](C)(C)C)NC(=O)CCCCCCCCCCCCCCC. The van der Waals surface area contributed by atoms with Crippen LogP contribution >= 0.6 is 7.82 Å². The monoisotopic (exact) mass is 1070 g/mol. The molecule has 1 amide bonds. The lowest BCUT2D eigenvalue weighted by Gasteiger charge is -2.30. The molecule has 0 aliphatic carbocycles. The number of amides is 1. The van der Waals surface area contributed by atoms with E-state index < -0.39 is 20.0 Å². The fourth-order valence-electron chi connectivity index (χ4n) is 9.29. The number of carbonyl (C=O) groups is 2. The van der Waals surface area contributed by atoms with E-state index in [9.17, 15) is 19.0 Å². The van der Waals surface area contributed by atoms with Gasteiger partial charge >= 0.3 is 5.97 Å². The second-order valence-electron chi connectivity index (χ2n) is 22.9. The molecule has 3 unspecified atom stereocenters. The number of nitrogens with one attached hydrogen (secondary N) is 1. The fraction of sp³-hybridized carbons (Fsp3) is 0.846. The van der Waals surface area contributed by atoms with Gasteiger partial charge in [0, 0.05) is 12.8 Å². The Labute approximate surface area is 465 Å². The summed E-state index contributed by atoms with van der Waals surface area (Å²) in [7, 11) is 1.19. The molecule has 0 bridgehead atoms. The average molecular weight is 1080 g/mol. The average Bonchev–Trinajstić information content (AvgIpc) is 3.37. The summed E-state index contributed by atoms with van der Waals surface area (Å²) in [6.45, 7) is 6.84. The fourth-order valence-corrected chi connectivity index (χ4v) is 10.0. The second-order valence-corrected chi connectivity index (χ2v) is 24.3. The zero-order valence-electron chi connectivity index (χ0n) is 50.3. The number of ether oxygens (including phenoxy) is 1. The van der Waals surface area contributed by atoms with Gasteiger partial charge in [-0.2, -0.15) is 0 Å². The largest absolute Gasteiger partial charge is 0.756 e. The van der Waals surface area contributed by atoms with Crippen LogP contribution in [-0.2, 0) is 27.9 Å². The molecule has 3 atom stereocenters. The first-order chi connectivity index (χ1) is 36.4. The minimum atomic E-state index is -4.70. The van der Waals surface area contributed by atoms with Gasteiger partial charge in [-0.15, -0.1) is 0 Å². The molecule has 0 fully saturated rings. The molecule has 0 aromatic rings. The van der Waals surface area contributed by atoms with Crippen molar-refractivity contribution < 1.29 is 37.3 Å². The smallest absolute Gasteiger partial charge is 0.306 e. The number of hydrogen-bond acceptors (Lipinski definition) is 7. The van der Waals surface area contributed by atoms with E-state index in [0.717, 1.165) is 70.6 Å². The highest BCUT2D eigenvalue weighted by Crippen LogP contribution is 2.38. The summed E-state index contributed by atoms with van der Waals surface area (Å²) in [5.74, 6) is -0.534. The van der Waals surface area contributed by atoms with Crippen LogP contribution in [0.1, 0.15) is 303 Å². The molecule has 0 saturated heterocycles. The van der Waals surface area contributed by atoms with Crippen LogP contribution in [0.3, 0.4) is 0 Å². The van der Waals surface area contributed by atoms with E-state index in [2.05, 4.69) is 62.5 Å². The van der Waals surface area contributed by atoms with Crippen molar-refractivity contribution in [3.8, 4) is 0 Å². The number of hydrogen-bond donors (Lipinski definition) is 1. The summed E-state index contributed by atoms with van der Waals surface area (Å²) in [6.07, 6.45) is 67.8. The van der Waals surface area contributed by atoms with E-state index in [1.807, 2.05) is 33.3 Å². The molecule has 75 heavy (non-hydrogen) atoms. The van der Waals surface area contributed by atoms with Crippen LogP contribution in [0.4, 0.5) is 0 Å². The summed E-state index contributed by atoms with van der Waals surface area (Å²) in [4.78, 5) is 40.0. The first-order valence-corrected chi connectivity index (χ1v) is 33.4. The van der Waals surface area contributed by atoms with E-state index in [4.69, 9.17) is 13.8 Å². The van der Waals surface area contributed by atoms with Crippen molar-refractivity contribution in [3.05, 3.63) is 48.6 Å². The van der Waals surface area contributed by atoms with Gasteiger partial charge in [0.15, 0.2) is 0 Å². The van der Waals surface area contributed by atoms with Gasteiger partial charge in [0.2, 0.25) is 5.91 Å². The van der Waals surface area contributed by atoms with Crippen LogP contribution in [0.25, 0.3) is 0 Å². The number of likely N-dealkylation sites (N-methyl/N-ethyl adjacent to an activating group) is 1. The Hall–Kier alpha value is -2.03. The van der Waals surface area contributed by atoms with E-state index in [-0.39, 0.29) is 31.5 Å². The number of allylic oxidation sites excluding steroid dienone is 7. The van der Waals surface area contributed by atoms with Gasteiger partial charge in [-0.25, -0.2) is 0 Å². The molecule has 0 aromatic heterocycles. The Morgan fingerprint density at radius 3 is 1.24 bits per heavy atom. The van der Waals surface area contributed by atoms with Crippen LogP contribution in [0.2, 0.25) is 0 Å². The number of carbonyl (C=O) groups excluding carboxylic acids is 2. The number of rotatable bonds is 58. The summed E-state index contributed by atoms with van der Waals surface area (Å²) in [6, 6.07) is -0.887. The predicted octanol–water partition coefficient (Wildman–Crippen LogP) is 19.0. The quantitative estimate of drug-likeness (QED) is 0.0212. The zero-order valence-corrected chi connectivity index (χ0v) is 51.2. The van der Waals surface area contributed by atoms with Crippen molar-refractivity contribution in [1.82, 2.24) is 5.32 Å². The lowest BCUT2D eigenvalue weighted by Crippen LogP contribution is -2.47. The van der Waals surface area contributed by atoms with Gasteiger partial charge in [0.05, 0.1) is 33.8 Å². The molecule has 1 N–H and O–H groups in total. The first kappa shape index (κ1) is 73.0. The summed E-state index contributed by atoms with van der Waals surface area (Å²) in [5.41, 5.74) is 0. The lowest BCUT2D eigenvalue weighted by molar-refractivity contribution is -0.870. The summed E-state index contributed by atoms with van der Waals surface area (Å²) in [5, 5.41) is 3.03. The van der Waals surface area contributed by atoms with E-state index in [0.29, 0.717) is 17.4 Å². The third kappa shape index (κ3) is 56.5. The van der Waals surface area contributed by atoms with Gasteiger partial charge in [0.1, 0.15) is 19.3 Å². The van der Waals surface area contributed by atoms with Gasteiger partial charge in [0.25, 0.3) is 7.82 Å². The number of esters is 1. The van der Waals surface area contributed by atoms with Crippen LogP contribution in [0.5, 0.6) is 0 Å². The van der Waals surface area contributed by atoms with E-state index in [1.54, 1.807) is 0 Å². The third-order valence-electron chi connectivity index (χ3n) is 14.3. The van der Waals surface area contributed by atoms with Gasteiger partial charge in [-0.05, 0) is 70.3 Å². The van der Waals surface area contributed by atoms with Gasteiger partial charge in [-0.1, -0.05) is 269 Å². The second kappa shape index (κ2) is 55.3. The molecule has 0 radical (unpaired) electrons. The third-order valence-corrected chi connectivity index (χ3v) is 15.2. The highest BCUT2D eigenvalue weighted by Gasteiger charge is 2.27. The number of quaternary nitrogens is 1. The molecule has 0 aliphatic rings. The Kier molecular flexibility index (Phi) is 53.8. The number of nitrogens with zero attached hydrogens (tertiary/aromatic N) is 1. The van der Waals surface area contributed by atoms with Crippen molar-refractivity contribution in [3.63, 3.8) is 0 Å². The van der Waals surface area contributed by atoms with Crippen molar-refractivity contribution in [2.24, 2.45) is 0 Å². The molecule has 0 spiro atoms.